The summed E-state index contributed by atoms with van der Waals surface area (Å²) in [6, 6.07) is 8.81. The first-order valence-corrected chi connectivity index (χ1v) is 7.98. The number of nitriles is 1. The number of rotatable bonds is 4. The lowest BCUT2D eigenvalue weighted by Gasteiger charge is -2.12. The fraction of sp³-hybridized carbons (Fsp3) is 0.214. The first-order chi connectivity index (χ1) is 9.83. The molecule has 1 atom stereocenters. The van der Waals surface area contributed by atoms with Gasteiger partial charge in [-0.05, 0) is 44.2 Å². The maximum atomic E-state index is 12.3. The summed E-state index contributed by atoms with van der Waals surface area (Å²) in [5.41, 5.74) is 0.227. The molecule has 2 aromatic rings. The van der Waals surface area contributed by atoms with E-state index in [0.29, 0.717) is 11.5 Å². The highest BCUT2D eigenvalue weighted by atomic mass is 35.5. The molecule has 1 aromatic carbocycles. The van der Waals surface area contributed by atoms with Crippen molar-refractivity contribution in [1.82, 2.24) is 4.72 Å². The van der Waals surface area contributed by atoms with Crippen LogP contribution >= 0.6 is 11.6 Å². The maximum absolute atomic E-state index is 12.3. The van der Waals surface area contributed by atoms with Crippen LogP contribution in [0.5, 0.6) is 0 Å². The van der Waals surface area contributed by atoms with E-state index < -0.39 is 16.1 Å². The van der Waals surface area contributed by atoms with Crippen LogP contribution in [0.1, 0.15) is 30.0 Å². The predicted octanol–water partition coefficient (Wildman–Crippen LogP) is 3.15. The highest BCUT2D eigenvalue weighted by Gasteiger charge is 2.21. The number of furan rings is 1. The fourth-order valence-electron chi connectivity index (χ4n) is 1.80. The molecule has 2 rings (SSSR count). The lowest BCUT2D eigenvalue weighted by atomic mass is 10.2. The highest BCUT2D eigenvalue weighted by Crippen LogP contribution is 2.23. The first-order valence-electron chi connectivity index (χ1n) is 6.12. The third-order valence-corrected chi connectivity index (χ3v) is 4.74. The molecule has 0 spiro atoms. The number of hydrogen-bond donors (Lipinski definition) is 1. The lowest BCUT2D eigenvalue weighted by Crippen LogP contribution is -2.26. The van der Waals surface area contributed by atoms with E-state index >= 15 is 0 Å². The van der Waals surface area contributed by atoms with Gasteiger partial charge in [0.2, 0.25) is 10.0 Å². The second-order valence-electron chi connectivity index (χ2n) is 4.54. The van der Waals surface area contributed by atoms with Crippen molar-refractivity contribution < 1.29 is 12.8 Å². The summed E-state index contributed by atoms with van der Waals surface area (Å²) in [5, 5.41) is 8.90. The van der Waals surface area contributed by atoms with E-state index in [4.69, 9.17) is 21.3 Å². The Morgan fingerprint density at radius 2 is 2.05 bits per heavy atom. The molecule has 1 N–H and O–H groups in total. The minimum Gasteiger partial charge on any atom is -0.465 e. The summed E-state index contributed by atoms with van der Waals surface area (Å²) in [7, 11) is -3.75. The Morgan fingerprint density at radius 3 is 2.57 bits per heavy atom. The molecule has 0 aliphatic heterocycles. The van der Waals surface area contributed by atoms with Crippen molar-refractivity contribution in [3.63, 3.8) is 0 Å². The molecule has 0 bridgehead atoms. The quantitative estimate of drug-likeness (QED) is 0.936. The van der Waals surface area contributed by atoms with Crippen LogP contribution in [0.15, 0.2) is 39.6 Å². The zero-order valence-corrected chi connectivity index (χ0v) is 13.0. The van der Waals surface area contributed by atoms with E-state index in [2.05, 4.69) is 4.72 Å². The minimum atomic E-state index is -3.75. The van der Waals surface area contributed by atoms with E-state index in [9.17, 15) is 8.42 Å². The van der Waals surface area contributed by atoms with E-state index in [0.717, 1.165) is 0 Å². The highest BCUT2D eigenvalue weighted by molar-refractivity contribution is 7.89. The Morgan fingerprint density at radius 1 is 1.33 bits per heavy atom. The number of aryl methyl sites for hydroxylation is 1. The summed E-state index contributed by atoms with van der Waals surface area (Å²) >= 11 is 5.86. The molecule has 0 amide bonds. The molecule has 110 valence electrons. The average Bonchev–Trinajstić information content (AvgIpc) is 2.85. The Balaban J connectivity index is 2.26. The van der Waals surface area contributed by atoms with Gasteiger partial charge >= 0.3 is 0 Å². The molecule has 1 aromatic heterocycles. The zero-order chi connectivity index (χ0) is 15.6. The van der Waals surface area contributed by atoms with Gasteiger partial charge in [0.15, 0.2) is 0 Å². The van der Waals surface area contributed by atoms with E-state index in [1.807, 2.05) is 6.07 Å². The van der Waals surface area contributed by atoms with E-state index in [-0.39, 0.29) is 15.5 Å². The molecule has 7 heteroatoms. The Hall–Kier alpha value is -1.81. The number of sulfonamides is 1. The first kappa shape index (κ1) is 15.6. The second-order valence-corrected chi connectivity index (χ2v) is 6.67. The predicted molar refractivity (Wildman–Crippen MR) is 78.3 cm³/mol. The topological polar surface area (TPSA) is 83.1 Å². The number of nitrogens with zero attached hydrogens (tertiary/aromatic N) is 1. The molecule has 0 saturated carbocycles. The van der Waals surface area contributed by atoms with E-state index in [1.165, 1.54) is 18.2 Å². The van der Waals surface area contributed by atoms with Crippen molar-refractivity contribution in [2.24, 2.45) is 0 Å². The van der Waals surface area contributed by atoms with Gasteiger partial charge in [-0.1, -0.05) is 11.6 Å². The van der Waals surface area contributed by atoms with E-state index in [1.54, 1.807) is 26.0 Å². The van der Waals surface area contributed by atoms with Crippen LogP contribution in [0.2, 0.25) is 5.02 Å². The molecular weight excluding hydrogens is 312 g/mol. The van der Waals surface area contributed by atoms with Crippen molar-refractivity contribution in [3.05, 3.63) is 52.4 Å². The normalized spacial score (nSPS) is 12.9. The third kappa shape index (κ3) is 3.45. The molecule has 21 heavy (non-hydrogen) atoms. The molecule has 0 unspecified atom stereocenters. The van der Waals surface area contributed by atoms with Gasteiger partial charge < -0.3 is 4.42 Å². The molecule has 0 aliphatic carbocycles. The molecule has 0 saturated heterocycles. The van der Waals surface area contributed by atoms with Gasteiger partial charge in [0, 0.05) is 0 Å². The van der Waals surface area contributed by atoms with Crippen LogP contribution in [-0.4, -0.2) is 8.42 Å². The lowest BCUT2D eigenvalue weighted by molar-refractivity contribution is 0.441. The summed E-state index contributed by atoms with van der Waals surface area (Å²) in [5.74, 6) is 1.23. The van der Waals surface area contributed by atoms with Gasteiger partial charge in [-0.3, -0.25) is 0 Å². The van der Waals surface area contributed by atoms with Crippen molar-refractivity contribution in [1.29, 1.82) is 5.26 Å². The third-order valence-electron chi connectivity index (χ3n) is 2.89. The second kappa shape index (κ2) is 5.90. The molecule has 0 aliphatic rings. The Kier molecular flexibility index (Phi) is 4.37. The Bertz CT molecular complexity index is 806. The molecule has 1 heterocycles. The van der Waals surface area contributed by atoms with Gasteiger partial charge in [-0.25, -0.2) is 13.1 Å². The molecule has 0 radical (unpaired) electrons. The summed E-state index contributed by atoms with van der Waals surface area (Å²) in [6.07, 6.45) is 0. The van der Waals surface area contributed by atoms with Crippen LogP contribution in [0, 0.1) is 18.3 Å². The van der Waals surface area contributed by atoms with Crippen LogP contribution in [0.3, 0.4) is 0 Å². The molecule has 5 nitrogen and oxygen atoms in total. The van der Waals surface area contributed by atoms with Gasteiger partial charge in [-0.15, -0.1) is 0 Å². The van der Waals surface area contributed by atoms with Gasteiger partial charge in [0.1, 0.15) is 17.6 Å². The minimum absolute atomic E-state index is 0.00151. The molecular formula is C14H13ClN2O3S. The summed E-state index contributed by atoms with van der Waals surface area (Å²) < 4.78 is 32.5. The van der Waals surface area contributed by atoms with Crippen molar-refractivity contribution in [2.45, 2.75) is 24.8 Å². The van der Waals surface area contributed by atoms with Crippen LogP contribution in [-0.2, 0) is 10.0 Å². The average molecular weight is 325 g/mol. The molecule has 0 fully saturated rings. The summed E-state index contributed by atoms with van der Waals surface area (Å²) in [6.45, 7) is 3.46. The van der Waals surface area contributed by atoms with Crippen LogP contribution in [0.25, 0.3) is 0 Å². The van der Waals surface area contributed by atoms with Crippen LogP contribution < -0.4 is 4.72 Å². The maximum Gasteiger partial charge on any atom is 0.241 e. The van der Waals surface area contributed by atoms with Crippen molar-refractivity contribution >= 4 is 21.6 Å². The number of halogens is 1. The van der Waals surface area contributed by atoms with Crippen molar-refractivity contribution in [2.75, 3.05) is 0 Å². The number of hydrogen-bond acceptors (Lipinski definition) is 4. The van der Waals surface area contributed by atoms with Crippen molar-refractivity contribution in [3.8, 4) is 6.07 Å². The standard InChI is InChI=1S/C14H13ClN2O3S/c1-9-3-6-14(20-9)10(2)17-21(18,19)12-5-4-11(8-16)13(15)7-12/h3-7,10,17H,1-2H3/t10-/m1/s1. The monoisotopic (exact) mass is 324 g/mol. The zero-order valence-electron chi connectivity index (χ0n) is 11.4. The van der Waals surface area contributed by atoms with Gasteiger partial charge in [0.25, 0.3) is 0 Å². The summed E-state index contributed by atoms with van der Waals surface area (Å²) in [4.78, 5) is 0.00151. The van der Waals surface area contributed by atoms with Gasteiger partial charge in [-0.2, -0.15) is 5.26 Å². The number of benzene rings is 1. The SMILES string of the molecule is Cc1ccc([C@@H](C)NS(=O)(=O)c2ccc(C#N)c(Cl)c2)o1. The smallest absolute Gasteiger partial charge is 0.241 e. The Labute approximate surface area is 128 Å². The van der Waals surface area contributed by atoms with Crippen LogP contribution in [0.4, 0.5) is 0 Å². The number of nitrogens with one attached hydrogen (secondary N) is 1. The largest absolute Gasteiger partial charge is 0.465 e. The fourth-order valence-corrected chi connectivity index (χ4v) is 3.32. The van der Waals surface area contributed by atoms with Gasteiger partial charge in [0.05, 0.1) is 21.5 Å².